The highest BCUT2D eigenvalue weighted by Gasteiger charge is 2.41. The van der Waals surface area contributed by atoms with Crippen molar-refractivity contribution in [2.45, 2.75) is 26.2 Å². The van der Waals surface area contributed by atoms with E-state index in [-0.39, 0.29) is 0 Å². The van der Waals surface area contributed by atoms with Gasteiger partial charge in [0.05, 0.1) is 0 Å². The zero-order valence-corrected chi connectivity index (χ0v) is 6.61. The molecule has 1 heteroatoms. The lowest BCUT2D eigenvalue weighted by Crippen LogP contribution is -2.33. The Morgan fingerprint density at radius 3 is 2.80 bits per heavy atom. The fraction of sp³-hybridized carbons (Fsp3) is 0.778. The molecule has 2 rings (SSSR count). The molecule has 56 valence electrons. The van der Waals surface area contributed by atoms with Crippen molar-refractivity contribution in [2.75, 3.05) is 13.1 Å². The number of allylic oxidation sites excluding steroid dienone is 2. The SMILES string of the molecule is CC=C1CC2(CCNC2)C1. The maximum Gasteiger partial charge on any atom is 0.00144 e. The van der Waals surface area contributed by atoms with E-state index in [2.05, 4.69) is 18.3 Å². The molecule has 0 unspecified atom stereocenters. The van der Waals surface area contributed by atoms with E-state index in [1.807, 2.05) is 0 Å². The van der Waals surface area contributed by atoms with Crippen molar-refractivity contribution in [3.05, 3.63) is 11.6 Å². The largest absolute Gasteiger partial charge is 0.316 e. The fourth-order valence-corrected chi connectivity index (χ4v) is 2.21. The molecule has 0 aromatic carbocycles. The van der Waals surface area contributed by atoms with Crippen LogP contribution in [0.5, 0.6) is 0 Å². The normalized spacial score (nSPS) is 38.3. The van der Waals surface area contributed by atoms with E-state index in [4.69, 9.17) is 0 Å². The predicted molar refractivity (Wildman–Crippen MR) is 42.9 cm³/mol. The van der Waals surface area contributed by atoms with E-state index in [9.17, 15) is 0 Å². The van der Waals surface area contributed by atoms with Gasteiger partial charge in [0.15, 0.2) is 0 Å². The molecule has 1 saturated heterocycles. The predicted octanol–water partition coefficient (Wildman–Crippen LogP) is 1.71. The van der Waals surface area contributed by atoms with Crippen LogP contribution in [-0.4, -0.2) is 13.1 Å². The Morgan fingerprint density at radius 1 is 1.50 bits per heavy atom. The lowest BCUT2D eigenvalue weighted by Gasteiger charge is -2.40. The average molecular weight is 137 g/mol. The molecular formula is C9H15N. The Kier molecular flexibility index (Phi) is 1.34. The first kappa shape index (κ1) is 6.41. The number of rotatable bonds is 0. The summed E-state index contributed by atoms with van der Waals surface area (Å²) in [4.78, 5) is 0. The Balaban J connectivity index is 1.98. The summed E-state index contributed by atoms with van der Waals surface area (Å²) in [5.41, 5.74) is 2.38. The van der Waals surface area contributed by atoms with Crippen molar-refractivity contribution in [2.24, 2.45) is 5.41 Å². The van der Waals surface area contributed by atoms with E-state index in [1.165, 1.54) is 32.4 Å². The van der Waals surface area contributed by atoms with Gasteiger partial charge in [-0.05, 0) is 38.1 Å². The van der Waals surface area contributed by atoms with Crippen LogP contribution in [0.4, 0.5) is 0 Å². The fourth-order valence-electron chi connectivity index (χ4n) is 2.21. The molecule has 1 saturated carbocycles. The van der Waals surface area contributed by atoms with Crippen LogP contribution in [0.1, 0.15) is 26.2 Å². The van der Waals surface area contributed by atoms with E-state index >= 15 is 0 Å². The van der Waals surface area contributed by atoms with Crippen molar-refractivity contribution in [3.63, 3.8) is 0 Å². The summed E-state index contributed by atoms with van der Waals surface area (Å²) in [6.07, 6.45) is 6.43. The van der Waals surface area contributed by atoms with Crippen LogP contribution in [0, 0.1) is 5.41 Å². The molecule has 1 spiro atoms. The molecule has 0 aromatic heterocycles. The molecule has 2 fully saturated rings. The molecule has 2 aliphatic rings. The van der Waals surface area contributed by atoms with E-state index in [0.29, 0.717) is 5.41 Å². The van der Waals surface area contributed by atoms with Gasteiger partial charge in [0, 0.05) is 6.54 Å². The van der Waals surface area contributed by atoms with Gasteiger partial charge < -0.3 is 5.32 Å². The molecule has 1 nitrogen and oxygen atoms in total. The Hall–Kier alpha value is -0.300. The first-order valence-corrected chi connectivity index (χ1v) is 4.19. The van der Waals surface area contributed by atoms with Gasteiger partial charge in [-0.3, -0.25) is 0 Å². The minimum Gasteiger partial charge on any atom is -0.316 e. The van der Waals surface area contributed by atoms with E-state index in [0.717, 1.165) is 0 Å². The lowest BCUT2D eigenvalue weighted by atomic mass is 9.65. The topological polar surface area (TPSA) is 12.0 Å². The van der Waals surface area contributed by atoms with Crippen molar-refractivity contribution >= 4 is 0 Å². The zero-order valence-electron chi connectivity index (χ0n) is 6.61. The third kappa shape index (κ3) is 0.807. The summed E-state index contributed by atoms with van der Waals surface area (Å²) >= 11 is 0. The smallest absolute Gasteiger partial charge is 0.00144 e. The monoisotopic (exact) mass is 137 g/mol. The van der Waals surface area contributed by atoms with Crippen LogP contribution in [0.3, 0.4) is 0 Å². The molecule has 0 bridgehead atoms. The minimum absolute atomic E-state index is 0.710. The molecule has 0 radical (unpaired) electrons. The standard InChI is InChI=1S/C9H15N/c1-2-8-5-9(6-8)3-4-10-7-9/h2,10H,3-7H2,1H3. The highest BCUT2D eigenvalue weighted by molar-refractivity contribution is 5.20. The molecule has 1 aliphatic heterocycles. The van der Waals surface area contributed by atoms with Gasteiger partial charge in [-0.1, -0.05) is 11.6 Å². The summed E-state index contributed by atoms with van der Waals surface area (Å²) in [7, 11) is 0. The average Bonchev–Trinajstić information content (AvgIpc) is 2.30. The van der Waals surface area contributed by atoms with Crippen molar-refractivity contribution in [3.8, 4) is 0 Å². The third-order valence-electron chi connectivity index (χ3n) is 2.94. The van der Waals surface area contributed by atoms with E-state index < -0.39 is 0 Å². The van der Waals surface area contributed by atoms with Crippen LogP contribution in [0.25, 0.3) is 0 Å². The molecule has 1 N–H and O–H groups in total. The summed E-state index contributed by atoms with van der Waals surface area (Å²) in [5.74, 6) is 0. The van der Waals surface area contributed by atoms with Crippen LogP contribution >= 0.6 is 0 Å². The first-order chi connectivity index (χ1) is 4.85. The zero-order chi connectivity index (χ0) is 7.03. The van der Waals surface area contributed by atoms with Gasteiger partial charge in [-0.25, -0.2) is 0 Å². The van der Waals surface area contributed by atoms with Gasteiger partial charge in [0.2, 0.25) is 0 Å². The van der Waals surface area contributed by atoms with Crippen molar-refractivity contribution in [1.29, 1.82) is 0 Å². The molecule has 1 aliphatic carbocycles. The quantitative estimate of drug-likeness (QED) is 0.501. The number of hydrogen-bond donors (Lipinski definition) is 1. The van der Waals surface area contributed by atoms with Crippen LogP contribution < -0.4 is 5.32 Å². The Bertz CT molecular complexity index is 154. The summed E-state index contributed by atoms with van der Waals surface area (Å²) in [6, 6.07) is 0. The van der Waals surface area contributed by atoms with Crippen molar-refractivity contribution in [1.82, 2.24) is 5.32 Å². The van der Waals surface area contributed by atoms with E-state index in [1.54, 1.807) is 5.57 Å². The summed E-state index contributed by atoms with van der Waals surface area (Å²) < 4.78 is 0. The Labute approximate surface area is 62.5 Å². The maximum absolute atomic E-state index is 3.43. The highest BCUT2D eigenvalue weighted by atomic mass is 14.9. The van der Waals surface area contributed by atoms with Crippen molar-refractivity contribution < 1.29 is 0 Å². The van der Waals surface area contributed by atoms with Crippen LogP contribution in [0.2, 0.25) is 0 Å². The second-order valence-electron chi connectivity index (χ2n) is 3.73. The highest BCUT2D eigenvalue weighted by Crippen LogP contribution is 2.48. The van der Waals surface area contributed by atoms with Gasteiger partial charge in [-0.2, -0.15) is 0 Å². The third-order valence-corrected chi connectivity index (χ3v) is 2.94. The number of hydrogen-bond acceptors (Lipinski definition) is 1. The summed E-state index contributed by atoms with van der Waals surface area (Å²) in [6.45, 7) is 4.67. The minimum atomic E-state index is 0.710. The van der Waals surface area contributed by atoms with Gasteiger partial charge in [0.25, 0.3) is 0 Å². The molecule has 10 heavy (non-hydrogen) atoms. The Morgan fingerprint density at radius 2 is 2.30 bits per heavy atom. The van der Waals surface area contributed by atoms with Gasteiger partial charge >= 0.3 is 0 Å². The first-order valence-electron chi connectivity index (χ1n) is 4.19. The summed E-state index contributed by atoms with van der Waals surface area (Å²) in [5, 5.41) is 3.43. The van der Waals surface area contributed by atoms with Crippen LogP contribution in [0.15, 0.2) is 11.6 Å². The molecular weight excluding hydrogens is 122 g/mol. The number of nitrogens with one attached hydrogen (secondary N) is 1. The second-order valence-corrected chi connectivity index (χ2v) is 3.73. The molecule has 0 amide bonds. The van der Waals surface area contributed by atoms with Gasteiger partial charge in [-0.15, -0.1) is 0 Å². The maximum atomic E-state index is 3.43. The molecule has 0 atom stereocenters. The molecule has 0 aromatic rings. The van der Waals surface area contributed by atoms with Crippen LogP contribution in [-0.2, 0) is 0 Å². The molecule has 1 heterocycles. The van der Waals surface area contributed by atoms with Gasteiger partial charge in [0.1, 0.15) is 0 Å². The lowest BCUT2D eigenvalue weighted by molar-refractivity contribution is 0.237. The second kappa shape index (κ2) is 2.09.